The molecule has 0 spiro atoms. The minimum atomic E-state index is 1.19. The van der Waals surface area contributed by atoms with Crippen LogP contribution in [0.4, 0.5) is 0 Å². The van der Waals surface area contributed by atoms with Crippen LogP contribution in [0.5, 0.6) is 0 Å². The zero-order valence-electron chi connectivity index (χ0n) is 18.9. The summed E-state index contributed by atoms with van der Waals surface area (Å²) >= 11 is 0. The Morgan fingerprint density at radius 3 is 1.44 bits per heavy atom. The third-order valence-corrected chi connectivity index (χ3v) is 6.12. The molecule has 0 aliphatic heterocycles. The second-order valence-electron chi connectivity index (χ2n) is 8.63. The van der Waals surface area contributed by atoms with Gasteiger partial charge < -0.3 is 0 Å². The molecule has 0 radical (unpaired) electrons. The van der Waals surface area contributed by atoms with Crippen molar-refractivity contribution in [1.82, 2.24) is 0 Å². The van der Waals surface area contributed by atoms with Gasteiger partial charge in [0, 0.05) is 25.0 Å². The lowest BCUT2D eigenvalue weighted by Gasteiger charge is -2.04. The molecule has 0 unspecified atom stereocenters. The van der Waals surface area contributed by atoms with Crippen molar-refractivity contribution in [2.75, 3.05) is 0 Å². The van der Waals surface area contributed by atoms with E-state index in [1.54, 1.807) is 0 Å². The van der Waals surface area contributed by atoms with Gasteiger partial charge in [-0.1, -0.05) is 103 Å². The van der Waals surface area contributed by atoms with Crippen LogP contribution in [0.3, 0.4) is 0 Å². The van der Waals surface area contributed by atoms with Gasteiger partial charge >= 0.3 is 0 Å². The average molecular weight is 375 g/mol. The van der Waals surface area contributed by atoms with E-state index in [4.69, 9.17) is 0 Å². The van der Waals surface area contributed by atoms with Gasteiger partial charge in [0.1, 0.15) is 6.54 Å². The maximum Gasteiger partial charge on any atom is 0.181 e. The Hall–Kier alpha value is -0.850. The molecule has 0 N–H and O–H groups in total. The van der Waals surface area contributed by atoms with E-state index in [9.17, 15) is 0 Å². The number of aryl methyl sites for hydroxylation is 2. The summed E-state index contributed by atoms with van der Waals surface area (Å²) in [5.41, 5.74) is 2.83. The molecule has 0 saturated heterocycles. The van der Waals surface area contributed by atoms with Gasteiger partial charge in [-0.2, -0.15) is 0 Å². The van der Waals surface area contributed by atoms with Crippen molar-refractivity contribution in [3.05, 3.63) is 29.6 Å². The Labute approximate surface area is 171 Å². The van der Waals surface area contributed by atoms with Crippen LogP contribution in [0, 0.1) is 13.8 Å². The first kappa shape index (κ1) is 24.2. The topological polar surface area (TPSA) is 3.88 Å². The quantitative estimate of drug-likeness (QED) is 0.180. The van der Waals surface area contributed by atoms with Crippen LogP contribution in [-0.2, 0) is 6.54 Å². The third kappa shape index (κ3) is 13.0. The van der Waals surface area contributed by atoms with Crippen LogP contribution in [0.25, 0.3) is 0 Å². The van der Waals surface area contributed by atoms with Gasteiger partial charge in [-0.05, 0) is 19.4 Å². The fourth-order valence-corrected chi connectivity index (χ4v) is 4.00. The van der Waals surface area contributed by atoms with E-state index in [1.165, 1.54) is 127 Å². The number of hydrogen-bond acceptors (Lipinski definition) is 0. The second kappa shape index (κ2) is 17.3. The Bertz CT molecular complexity index is 452. The fourth-order valence-electron chi connectivity index (χ4n) is 4.00. The molecule has 0 saturated carbocycles. The Morgan fingerprint density at radius 2 is 1.00 bits per heavy atom. The van der Waals surface area contributed by atoms with Crippen LogP contribution in [0.1, 0.15) is 127 Å². The van der Waals surface area contributed by atoms with Crippen molar-refractivity contribution >= 4 is 0 Å². The van der Waals surface area contributed by atoms with Crippen LogP contribution in [0.15, 0.2) is 18.3 Å². The molecule has 0 bridgehead atoms. The van der Waals surface area contributed by atoms with Gasteiger partial charge in [0.05, 0.1) is 0 Å². The van der Waals surface area contributed by atoms with E-state index in [1.807, 2.05) is 0 Å². The summed E-state index contributed by atoms with van der Waals surface area (Å²) in [5, 5.41) is 0. The van der Waals surface area contributed by atoms with Crippen molar-refractivity contribution < 1.29 is 4.57 Å². The van der Waals surface area contributed by atoms with Gasteiger partial charge in [-0.25, -0.2) is 4.57 Å². The SMILES string of the molecule is CCCCCCCCCCCCCCCCCCC[n+]1cccc(C)c1C. The first-order chi connectivity index (χ1) is 13.3. The van der Waals surface area contributed by atoms with E-state index >= 15 is 0 Å². The van der Waals surface area contributed by atoms with E-state index in [2.05, 4.69) is 43.7 Å². The first-order valence-electron chi connectivity index (χ1n) is 12.2. The number of pyridine rings is 1. The highest BCUT2D eigenvalue weighted by Crippen LogP contribution is 2.14. The molecule has 156 valence electrons. The van der Waals surface area contributed by atoms with Crippen LogP contribution in [-0.4, -0.2) is 0 Å². The minimum Gasteiger partial charge on any atom is -0.202 e. The van der Waals surface area contributed by atoms with Crippen molar-refractivity contribution in [2.24, 2.45) is 0 Å². The summed E-state index contributed by atoms with van der Waals surface area (Å²) in [6.45, 7) is 7.93. The van der Waals surface area contributed by atoms with Gasteiger partial charge in [-0.15, -0.1) is 0 Å². The molecule has 1 heterocycles. The third-order valence-electron chi connectivity index (χ3n) is 6.12. The predicted molar refractivity (Wildman–Crippen MR) is 120 cm³/mol. The highest BCUT2D eigenvalue weighted by atomic mass is 14.9. The summed E-state index contributed by atoms with van der Waals surface area (Å²) in [6.07, 6.45) is 26.8. The van der Waals surface area contributed by atoms with Gasteiger partial charge in [-0.3, -0.25) is 0 Å². The molecule has 1 rings (SSSR count). The van der Waals surface area contributed by atoms with Crippen molar-refractivity contribution in [3.63, 3.8) is 0 Å². The van der Waals surface area contributed by atoms with Crippen molar-refractivity contribution in [3.8, 4) is 0 Å². The summed E-state index contributed by atoms with van der Waals surface area (Å²) in [5.74, 6) is 0. The van der Waals surface area contributed by atoms with Crippen LogP contribution < -0.4 is 4.57 Å². The predicted octanol–water partition coefficient (Wildman–Crippen LogP) is 8.24. The first-order valence-corrected chi connectivity index (χ1v) is 12.2. The molecule has 0 atom stereocenters. The molecule has 1 nitrogen and oxygen atoms in total. The Morgan fingerprint density at radius 1 is 0.593 bits per heavy atom. The molecule has 1 aromatic heterocycles. The highest BCUT2D eigenvalue weighted by molar-refractivity contribution is 5.11. The molecule has 27 heavy (non-hydrogen) atoms. The smallest absolute Gasteiger partial charge is 0.181 e. The van der Waals surface area contributed by atoms with E-state index in [0.717, 1.165) is 0 Å². The lowest BCUT2D eigenvalue weighted by atomic mass is 10.0. The number of rotatable bonds is 18. The Balaban J connectivity index is 1.79. The normalized spacial score (nSPS) is 11.2. The molecule has 0 aromatic carbocycles. The van der Waals surface area contributed by atoms with Crippen LogP contribution in [0.2, 0.25) is 0 Å². The standard InChI is InChI=1S/C26H48N/c1-4-5-6-7-8-9-10-11-12-13-14-15-16-17-18-19-20-23-27-24-21-22-25(2)26(27)3/h21-22,24H,4-20,23H2,1-3H3/q+1. The average Bonchev–Trinajstić information content (AvgIpc) is 2.67. The van der Waals surface area contributed by atoms with Gasteiger partial charge in [0.25, 0.3) is 0 Å². The molecule has 1 heteroatoms. The lowest BCUT2D eigenvalue weighted by molar-refractivity contribution is -0.703. The molecule has 0 fully saturated rings. The summed E-state index contributed by atoms with van der Waals surface area (Å²) in [4.78, 5) is 0. The number of aromatic nitrogens is 1. The zero-order chi connectivity index (χ0) is 19.6. The maximum atomic E-state index is 2.42. The number of nitrogens with zero attached hydrogens (tertiary/aromatic N) is 1. The molecule has 0 aliphatic carbocycles. The van der Waals surface area contributed by atoms with E-state index < -0.39 is 0 Å². The zero-order valence-corrected chi connectivity index (χ0v) is 18.9. The van der Waals surface area contributed by atoms with Crippen molar-refractivity contribution in [1.29, 1.82) is 0 Å². The van der Waals surface area contributed by atoms with Crippen LogP contribution >= 0.6 is 0 Å². The van der Waals surface area contributed by atoms with Gasteiger partial charge in [0.15, 0.2) is 11.9 Å². The fraction of sp³-hybridized carbons (Fsp3) is 0.808. The molecular weight excluding hydrogens is 326 g/mol. The highest BCUT2D eigenvalue weighted by Gasteiger charge is 2.07. The summed E-state index contributed by atoms with van der Waals surface area (Å²) < 4.78 is 2.42. The largest absolute Gasteiger partial charge is 0.202 e. The second-order valence-corrected chi connectivity index (χ2v) is 8.63. The molecule has 0 amide bonds. The van der Waals surface area contributed by atoms with E-state index in [-0.39, 0.29) is 0 Å². The van der Waals surface area contributed by atoms with E-state index in [0.29, 0.717) is 0 Å². The summed E-state index contributed by atoms with van der Waals surface area (Å²) in [7, 11) is 0. The minimum absolute atomic E-state index is 1.19. The van der Waals surface area contributed by atoms with Crippen molar-refractivity contribution in [2.45, 2.75) is 136 Å². The molecule has 0 aliphatic rings. The monoisotopic (exact) mass is 374 g/mol. The number of unbranched alkanes of at least 4 members (excludes halogenated alkanes) is 16. The number of hydrogen-bond donors (Lipinski definition) is 0. The maximum absolute atomic E-state index is 2.42. The van der Waals surface area contributed by atoms with Gasteiger partial charge in [0.2, 0.25) is 0 Å². The lowest BCUT2D eigenvalue weighted by Crippen LogP contribution is -2.37. The molecular formula is C26H48N+. The summed E-state index contributed by atoms with van der Waals surface area (Å²) in [6, 6.07) is 4.39. The molecule has 1 aromatic rings. The Kier molecular flexibility index (Phi) is 15.5.